The number of pyridine rings is 1. The average molecular weight is 244 g/mol. The summed E-state index contributed by atoms with van der Waals surface area (Å²) in [7, 11) is 0. The van der Waals surface area contributed by atoms with Gasteiger partial charge in [0, 0.05) is 11.3 Å². The highest BCUT2D eigenvalue weighted by Crippen LogP contribution is 2.31. The summed E-state index contributed by atoms with van der Waals surface area (Å²) >= 11 is 0. The van der Waals surface area contributed by atoms with Crippen LogP contribution in [0.3, 0.4) is 0 Å². The molecule has 0 aliphatic heterocycles. The molecule has 0 atom stereocenters. The van der Waals surface area contributed by atoms with Gasteiger partial charge in [-0.25, -0.2) is 13.6 Å². The molecule has 2 rings (SSSR count). The number of nitrogens with zero attached hydrogens (tertiary/aromatic N) is 2. The number of benzene rings is 1. The Morgan fingerprint density at radius 1 is 1.17 bits per heavy atom. The van der Waals surface area contributed by atoms with Crippen LogP contribution >= 0.6 is 0 Å². The third-order valence-electron chi connectivity index (χ3n) is 2.55. The second kappa shape index (κ2) is 4.53. The third-order valence-corrected chi connectivity index (χ3v) is 2.55. The fourth-order valence-electron chi connectivity index (χ4n) is 1.82. The highest BCUT2D eigenvalue weighted by Gasteiger charge is 2.16. The summed E-state index contributed by atoms with van der Waals surface area (Å²) in [6.07, 6.45) is 0. The predicted octanol–water partition coefficient (Wildman–Crippen LogP) is 4.19. The van der Waals surface area contributed by atoms with Crippen LogP contribution in [0.1, 0.15) is 11.3 Å². The van der Waals surface area contributed by atoms with Gasteiger partial charge in [0.25, 0.3) is 5.69 Å². The van der Waals surface area contributed by atoms with Crippen LogP contribution in [0.15, 0.2) is 24.3 Å². The van der Waals surface area contributed by atoms with Gasteiger partial charge in [0.1, 0.15) is 11.6 Å². The number of rotatable bonds is 1. The minimum Gasteiger partial charge on any atom is -0.253 e. The minimum atomic E-state index is -0.859. The first-order chi connectivity index (χ1) is 8.52. The summed E-state index contributed by atoms with van der Waals surface area (Å²) in [6, 6.07) is 5.96. The molecule has 18 heavy (non-hydrogen) atoms. The van der Waals surface area contributed by atoms with E-state index in [1.807, 2.05) is 13.0 Å². The van der Waals surface area contributed by atoms with Gasteiger partial charge < -0.3 is 0 Å². The summed E-state index contributed by atoms with van der Waals surface area (Å²) in [4.78, 5) is 7.08. The van der Waals surface area contributed by atoms with E-state index in [-0.39, 0.29) is 5.56 Å². The van der Waals surface area contributed by atoms with Crippen molar-refractivity contribution in [2.45, 2.75) is 13.8 Å². The maximum atomic E-state index is 14.0. The number of halogens is 2. The topological polar surface area (TPSA) is 17.2 Å². The molecule has 0 unspecified atom stereocenters. The molecule has 1 heterocycles. The summed E-state index contributed by atoms with van der Waals surface area (Å²) < 4.78 is 27.2. The van der Waals surface area contributed by atoms with Crippen LogP contribution in [0.2, 0.25) is 0 Å². The second-order valence-electron chi connectivity index (χ2n) is 4.04. The van der Waals surface area contributed by atoms with Crippen molar-refractivity contribution in [3.63, 3.8) is 0 Å². The zero-order valence-electron chi connectivity index (χ0n) is 9.96. The molecule has 0 saturated carbocycles. The zero-order chi connectivity index (χ0) is 13.3. The van der Waals surface area contributed by atoms with E-state index in [4.69, 9.17) is 6.57 Å². The highest BCUT2D eigenvalue weighted by atomic mass is 19.1. The fraction of sp³-hybridized carbons (Fsp3) is 0.143. The van der Waals surface area contributed by atoms with E-state index >= 15 is 0 Å². The van der Waals surface area contributed by atoms with Crippen LogP contribution in [0.25, 0.3) is 16.1 Å². The van der Waals surface area contributed by atoms with Gasteiger partial charge in [-0.3, -0.25) is 4.98 Å². The van der Waals surface area contributed by atoms with Crippen LogP contribution in [0.5, 0.6) is 0 Å². The highest BCUT2D eigenvalue weighted by molar-refractivity contribution is 5.67. The normalized spacial score (nSPS) is 10.2. The maximum absolute atomic E-state index is 14.0. The van der Waals surface area contributed by atoms with Gasteiger partial charge in [-0.1, -0.05) is 0 Å². The van der Waals surface area contributed by atoms with Crippen molar-refractivity contribution >= 4 is 5.69 Å². The molecule has 1 aromatic heterocycles. The van der Waals surface area contributed by atoms with Crippen molar-refractivity contribution < 1.29 is 8.78 Å². The summed E-state index contributed by atoms with van der Waals surface area (Å²) in [5.41, 5.74) is 1.65. The van der Waals surface area contributed by atoms with Crippen LogP contribution in [-0.4, -0.2) is 4.98 Å². The minimum absolute atomic E-state index is 0.147. The first-order valence-corrected chi connectivity index (χ1v) is 5.34. The van der Waals surface area contributed by atoms with Crippen molar-refractivity contribution in [2.75, 3.05) is 0 Å². The molecule has 0 fully saturated rings. The van der Waals surface area contributed by atoms with Gasteiger partial charge in [-0.15, -0.1) is 0 Å². The van der Waals surface area contributed by atoms with E-state index in [1.165, 1.54) is 6.07 Å². The van der Waals surface area contributed by atoms with E-state index in [1.54, 1.807) is 13.0 Å². The SMILES string of the molecule is [C-]#[N+]c1c(F)ccc(-c2cc(C)cc(C)n2)c1F. The Morgan fingerprint density at radius 2 is 1.89 bits per heavy atom. The van der Waals surface area contributed by atoms with E-state index in [2.05, 4.69) is 9.83 Å². The maximum Gasteiger partial charge on any atom is 0.257 e. The van der Waals surface area contributed by atoms with E-state index in [0.29, 0.717) is 5.69 Å². The van der Waals surface area contributed by atoms with Gasteiger partial charge in [0.05, 0.1) is 12.3 Å². The van der Waals surface area contributed by atoms with Crippen molar-refractivity contribution in [1.82, 2.24) is 4.98 Å². The summed E-state index contributed by atoms with van der Waals surface area (Å²) in [5.74, 6) is -1.71. The molecule has 0 saturated heterocycles. The quantitative estimate of drug-likeness (QED) is 0.687. The number of aromatic nitrogens is 1. The van der Waals surface area contributed by atoms with E-state index < -0.39 is 17.3 Å². The van der Waals surface area contributed by atoms with Crippen LogP contribution < -0.4 is 0 Å². The van der Waals surface area contributed by atoms with Crippen molar-refractivity contribution in [3.8, 4) is 11.3 Å². The Balaban J connectivity index is 2.69. The van der Waals surface area contributed by atoms with Gasteiger partial charge in [-0.2, -0.15) is 0 Å². The molecule has 4 heteroatoms. The van der Waals surface area contributed by atoms with Crippen LogP contribution in [-0.2, 0) is 0 Å². The van der Waals surface area contributed by atoms with Gasteiger partial charge in [0.15, 0.2) is 0 Å². The Kier molecular flexibility index (Phi) is 3.07. The number of aryl methyl sites for hydroxylation is 2. The van der Waals surface area contributed by atoms with Crippen molar-refractivity contribution in [1.29, 1.82) is 0 Å². The monoisotopic (exact) mass is 244 g/mol. The van der Waals surface area contributed by atoms with Crippen molar-refractivity contribution in [2.24, 2.45) is 0 Å². The zero-order valence-corrected chi connectivity index (χ0v) is 9.96. The lowest BCUT2D eigenvalue weighted by Crippen LogP contribution is -1.93. The Morgan fingerprint density at radius 3 is 2.50 bits per heavy atom. The lowest BCUT2D eigenvalue weighted by molar-refractivity contribution is 0.595. The molecular weight excluding hydrogens is 234 g/mol. The second-order valence-corrected chi connectivity index (χ2v) is 4.04. The smallest absolute Gasteiger partial charge is 0.253 e. The molecule has 1 aromatic carbocycles. The molecule has 90 valence electrons. The Hall–Kier alpha value is -2.28. The Labute approximate surface area is 104 Å². The molecule has 2 aromatic rings. The molecule has 0 aliphatic rings. The van der Waals surface area contributed by atoms with Gasteiger partial charge >= 0.3 is 0 Å². The van der Waals surface area contributed by atoms with Gasteiger partial charge in [-0.05, 0) is 43.7 Å². The molecule has 0 radical (unpaired) electrons. The molecule has 0 spiro atoms. The molecule has 0 N–H and O–H groups in total. The lowest BCUT2D eigenvalue weighted by atomic mass is 10.1. The number of hydrogen-bond donors (Lipinski definition) is 0. The molecule has 0 amide bonds. The van der Waals surface area contributed by atoms with E-state index in [0.717, 1.165) is 17.3 Å². The standard InChI is InChI=1S/C14H10F2N2/c1-8-6-9(2)18-12(7-8)10-4-5-11(15)14(17-3)13(10)16/h4-7H,1-2H3. The average Bonchev–Trinajstić information content (AvgIpc) is 2.28. The third kappa shape index (κ3) is 2.07. The summed E-state index contributed by atoms with van der Waals surface area (Å²) in [5, 5.41) is 0. The Bertz CT molecular complexity index is 637. The number of hydrogen-bond acceptors (Lipinski definition) is 1. The van der Waals surface area contributed by atoms with Crippen LogP contribution in [0, 0.1) is 32.1 Å². The first kappa shape index (κ1) is 12.2. The largest absolute Gasteiger partial charge is 0.257 e. The van der Waals surface area contributed by atoms with Crippen molar-refractivity contribution in [3.05, 3.63) is 58.6 Å². The summed E-state index contributed by atoms with van der Waals surface area (Å²) in [6.45, 7) is 10.5. The van der Waals surface area contributed by atoms with Gasteiger partial charge in [0.2, 0.25) is 0 Å². The molecular formula is C14H10F2N2. The molecule has 2 nitrogen and oxygen atoms in total. The predicted molar refractivity (Wildman–Crippen MR) is 65.3 cm³/mol. The van der Waals surface area contributed by atoms with Crippen LogP contribution in [0.4, 0.5) is 14.5 Å². The molecule has 0 aliphatic carbocycles. The first-order valence-electron chi connectivity index (χ1n) is 5.34. The fourth-order valence-corrected chi connectivity index (χ4v) is 1.82. The lowest BCUT2D eigenvalue weighted by Gasteiger charge is -2.07. The molecule has 0 bridgehead atoms. The van der Waals surface area contributed by atoms with E-state index in [9.17, 15) is 8.78 Å².